The third-order valence-corrected chi connectivity index (χ3v) is 3.25. The van der Waals surface area contributed by atoms with Crippen molar-refractivity contribution in [2.45, 2.75) is 13.5 Å². The number of halogens is 1. The summed E-state index contributed by atoms with van der Waals surface area (Å²) in [7, 11) is 0. The van der Waals surface area contributed by atoms with Crippen LogP contribution >= 0.6 is 15.9 Å². The Hall–Kier alpha value is -2.28. The van der Waals surface area contributed by atoms with Crippen LogP contribution in [0.1, 0.15) is 33.4 Å². The van der Waals surface area contributed by atoms with Crippen molar-refractivity contribution in [1.29, 1.82) is 0 Å². The summed E-state index contributed by atoms with van der Waals surface area (Å²) in [5.74, 6) is -1.29. The lowest BCUT2D eigenvalue weighted by Crippen LogP contribution is -2.09. The zero-order chi connectivity index (χ0) is 16.1. The first-order valence-corrected chi connectivity index (χ1v) is 7.21. The highest BCUT2D eigenvalue weighted by molar-refractivity contribution is 9.10. The molecule has 0 amide bonds. The minimum Gasteiger partial charge on any atom is -0.507 e. The van der Waals surface area contributed by atoms with Crippen LogP contribution in [0.4, 0.5) is 0 Å². The number of rotatable bonds is 5. The Morgan fingerprint density at radius 1 is 1.18 bits per heavy atom. The van der Waals surface area contributed by atoms with Gasteiger partial charge in [-0.1, -0.05) is 15.9 Å². The molecule has 1 aromatic carbocycles. The number of benzene rings is 1. The van der Waals surface area contributed by atoms with E-state index in [4.69, 9.17) is 13.9 Å². The lowest BCUT2D eigenvalue weighted by molar-refractivity contribution is 0.0420. The lowest BCUT2D eigenvalue weighted by Gasteiger charge is -2.07. The van der Waals surface area contributed by atoms with Crippen molar-refractivity contribution < 1.29 is 28.6 Å². The molecular formula is C15H13BrO6. The van der Waals surface area contributed by atoms with Crippen LogP contribution in [0.2, 0.25) is 0 Å². The van der Waals surface area contributed by atoms with Gasteiger partial charge in [-0.3, -0.25) is 0 Å². The van der Waals surface area contributed by atoms with E-state index in [1.807, 2.05) is 0 Å². The fourth-order valence-electron chi connectivity index (χ4n) is 1.72. The molecule has 0 aliphatic heterocycles. The summed E-state index contributed by atoms with van der Waals surface area (Å²) < 4.78 is 15.7. The maximum absolute atomic E-state index is 12.0. The molecular weight excluding hydrogens is 356 g/mol. The zero-order valence-electron chi connectivity index (χ0n) is 11.7. The smallest absolute Gasteiger partial charge is 0.342 e. The van der Waals surface area contributed by atoms with Crippen molar-refractivity contribution in [2.24, 2.45) is 0 Å². The second-order valence-corrected chi connectivity index (χ2v) is 5.13. The predicted molar refractivity (Wildman–Crippen MR) is 79.6 cm³/mol. The maximum Gasteiger partial charge on any atom is 0.342 e. The quantitative estimate of drug-likeness (QED) is 0.815. The Kier molecular flexibility index (Phi) is 5.21. The average molecular weight is 369 g/mol. The summed E-state index contributed by atoms with van der Waals surface area (Å²) in [6, 6.07) is 5.85. The van der Waals surface area contributed by atoms with Crippen LogP contribution < -0.4 is 0 Å². The first-order chi connectivity index (χ1) is 10.5. The van der Waals surface area contributed by atoms with Gasteiger partial charge in [0.05, 0.1) is 12.9 Å². The second-order valence-electron chi connectivity index (χ2n) is 4.22. The molecule has 0 bridgehead atoms. The molecule has 0 fully saturated rings. The maximum atomic E-state index is 12.0. The van der Waals surface area contributed by atoms with Gasteiger partial charge in [-0.15, -0.1) is 0 Å². The molecule has 7 heteroatoms. The van der Waals surface area contributed by atoms with Gasteiger partial charge in [0.2, 0.25) is 0 Å². The fourth-order valence-corrected chi connectivity index (χ4v) is 2.08. The summed E-state index contributed by atoms with van der Waals surface area (Å²) in [6.07, 6.45) is 1.31. The third kappa shape index (κ3) is 3.67. The highest BCUT2D eigenvalue weighted by atomic mass is 79.9. The van der Waals surface area contributed by atoms with Gasteiger partial charge in [0, 0.05) is 4.47 Å². The van der Waals surface area contributed by atoms with Crippen LogP contribution in [0, 0.1) is 0 Å². The monoisotopic (exact) mass is 368 g/mol. The highest BCUT2D eigenvalue weighted by Gasteiger charge is 2.19. The van der Waals surface area contributed by atoms with Gasteiger partial charge < -0.3 is 19.0 Å². The van der Waals surface area contributed by atoms with E-state index < -0.39 is 11.9 Å². The standard InChI is InChI=1S/C15H13BrO6/c1-2-20-14(18)10-5-6-21-13(10)8-22-15(19)11-7-9(16)3-4-12(11)17/h3-7,17H,2,8H2,1H3. The van der Waals surface area contributed by atoms with Crippen LogP contribution in [-0.2, 0) is 16.1 Å². The molecule has 0 atom stereocenters. The Morgan fingerprint density at radius 2 is 1.91 bits per heavy atom. The Morgan fingerprint density at radius 3 is 2.64 bits per heavy atom. The molecule has 116 valence electrons. The number of esters is 2. The van der Waals surface area contributed by atoms with Crippen molar-refractivity contribution in [1.82, 2.24) is 0 Å². The number of phenols is 1. The summed E-state index contributed by atoms with van der Waals surface area (Å²) >= 11 is 3.20. The van der Waals surface area contributed by atoms with Crippen LogP contribution in [0.5, 0.6) is 5.75 Å². The first-order valence-electron chi connectivity index (χ1n) is 6.42. The lowest BCUT2D eigenvalue weighted by atomic mass is 10.2. The molecule has 22 heavy (non-hydrogen) atoms. The van der Waals surface area contributed by atoms with Gasteiger partial charge in [-0.25, -0.2) is 9.59 Å². The number of carbonyl (C=O) groups excluding carboxylic acids is 2. The Bertz CT molecular complexity index is 691. The third-order valence-electron chi connectivity index (χ3n) is 2.75. The molecule has 0 saturated carbocycles. The van der Waals surface area contributed by atoms with Crippen molar-refractivity contribution in [2.75, 3.05) is 6.61 Å². The number of furan rings is 1. The van der Waals surface area contributed by atoms with E-state index in [0.29, 0.717) is 4.47 Å². The molecule has 0 radical (unpaired) electrons. The van der Waals surface area contributed by atoms with Crippen molar-refractivity contribution >= 4 is 27.9 Å². The van der Waals surface area contributed by atoms with E-state index in [2.05, 4.69) is 15.9 Å². The van der Waals surface area contributed by atoms with Crippen LogP contribution in [0.25, 0.3) is 0 Å². The Labute approximate surface area is 134 Å². The zero-order valence-corrected chi connectivity index (χ0v) is 13.3. The predicted octanol–water partition coefficient (Wildman–Crippen LogP) is 3.28. The summed E-state index contributed by atoms with van der Waals surface area (Å²) in [4.78, 5) is 23.6. The summed E-state index contributed by atoms with van der Waals surface area (Å²) in [6.45, 7) is 1.68. The van der Waals surface area contributed by atoms with E-state index in [-0.39, 0.29) is 35.9 Å². The minimum atomic E-state index is -0.731. The molecule has 2 aromatic rings. The average Bonchev–Trinajstić information content (AvgIpc) is 2.96. The largest absolute Gasteiger partial charge is 0.507 e. The fraction of sp³-hybridized carbons (Fsp3) is 0.200. The number of hydrogen-bond acceptors (Lipinski definition) is 6. The molecule has 0 saturated heterocycles. The van der Waals surface area contributed by atoms with E-state index in [1.54, 1.807) is 13.0 Å². The second kappa shape index (κ2) is 7.13. The van der Waals surface area contributed by atoms with Gasteiger partial charge in [-0.2, -0.15) is 0 Å². The Balaban J connectivity index is 2.07. The summed E-state index contributed by atoms with van der Waals surface area (Å²) in [5, 5.41) is 9.66. The molecule has 0 unspecified atom stereocenters. The van der Waals surface area contributed by atoms with Gasteiger partial charge in [0.1, 0.15) is 16.9 Å². The number of phenolic OH excluding ortho intramolecular Hbond substituents is 1. The normalized spacial score (nSPS) is 10.3. The van der Waals surface area contributed by atoms with Gasteiger partial charge >= 0.3 is 11.9 Å². The summed E-state index contributed by atoms with van der Waals surface area (Å²) in [5.41, 5.74) is 0.215. The number of aromatic hydroxyl groups is 1. The van der Waals surface area contributed by atoms with Crippen molar-refractivity contribution in [3.63, 3.8) is 0 Å². The van der Waals surface area contributed by atoms with Gasteiger partial charge in [0.15, 0.2) is 12.4 Å². The SMILES string of the molecule is CCOC(=O)c1ccoc1COC(=O)c1cc(Br)ccc1O. The van der Waals surface area contributed by atoms with Crippen LogP contribution in [0.3, 0.4) is 0 Å². The minimum absolute atomic E-state index is 0.0126. The van der Waals surface area contributed by atoms with Crippen molar-refractivity contribution in [3.05, 3.63) is 51.9 Å². The van der Waals surface area contributed by atoms with Crippen LogP contribution in [0.15, 0.2) is 39.4 Å². The van der Waals surface area contributed by atoms with Crippen molar-refractivity contribution in [3.8, 4) is 5.75 Å². The number of hydrogen-bond donors (Lipinski definition) is 1. The number of carbonyl (C=O) groups is 2. The molecule has 2 rings (SSSR count). The number of ether oxygens (including phenoxy) is 2. The molecule has 0 spiro atoms. The van der Waals surface area contributed by atoms with E-state index in [0.717, 1.165) is 0 Å². The van der Waals surface area contributed by atoms with Gasteiger partial charge in [-0.05, 0) is 31.2 Å². The highest BCUT2D eigenvalue weighted by Crippen LogP contribution is 2.23. The van der Waals surface area contributed by atoms with E-state index in [1.165, 1.54) is 24.5 Å². The molecule has 1 N–H and O–H groups in total. The first kappa shape index (κ1) is 16.1. The molecule has 0 aliphatic carbocycles. The molecule has 1 heterocycles. The molecule has 1 aromatic heterocycles. The topological polar surface area (TPSA) is 86.0 Å². The molecule has 0 aliphatic rings. The van der Waals surface area contributed by atoms with Crippen LogP contribution in [-0.4, -0.2) is 23.7 Å². The van der Waals surface area contributed by atoms with E-state index in [9.17, 15) is 14.7 Å². The van der Waals surface area contributed by atoms with Gasteiger partial charge in [0.25, 0.3) is 0 Å². The van der Waals surface area contributed by atoms with E-state index >= 15 is 0 Å². The molecule has 6 nitrogen and oxygen atoms in total.